The van der Waals surface area contributed by atoms with Crippen LogP contribution in [-0.4, -0.2) is 47.7 Å². The molecule has 1 fully saturated rings. The molecule has 0 radical (unpaired) electrons. The van der Waals surface area contributed by atoms with Crippen LogP contribution < -0.4 is 10.6 Å². The Labute approximate surface area is 162 Å². The summed E-state index contributed by atoms with van der Waals surface area (Å²) >= 11 is 5.95. The van der Waals surface area contributed by atoms with Gasteiger partial charge in [0.05, 0.1) is 12.3 Å². The summed E-state index contributed by atoms with van der Waals surface area (Å²) in [4.78, 5) is 16.7. The third-order valence-corrected chi connectivity index (χ3v) is 3.99. The van der Waals surface area contributed by atoms with Crippen LogP contribution in [0.3, 0.4) is 0 Å². The molecule has 0 spiro atoms. The van der Waals surface area contributed by atoms with Gasteiger partial charge in [0.1, 0.15) is 12.4 Å². The number of ether oxygens (including phenoxy) is 1. The first kappa shape index (κ1) is 19.4. The summed E-state index contributed by atoms with van der Waals surface area (Å²) in [6, 6.07) is 14.7. The molecule has 3 N–H and O–H groups in total. The fraction of sp³-hybridized carbons (Fsp3) is 0.278. The number of rotatable bonds is 6. The van der Waals surface area contributed by atoms with E-state index in [-0.39, 0.29) is 26.7 Å². The van der Waals surface area contributed by atoms with Crippen molar-refractivity contribution in [3.8, 4) is 5.75 Å². The molecule has 0 atom stereocenters. The van der Waals surface area contributed by atoms with Gasteiger partial charge in [-0.05, 0) is 42.0 Å². The zero-order chi connectivity index (χ0) is 19.1. The lowest BCUT2D eigenvalue weighted by Crippen LogP contribution is -2.46. The monoisotopic (exact) mass is 392 g/mol. The molecule has 0 amide bonds. The van der Waals surface area contributed by atoms with E-state index in [0.29, 0.717) is 29.0 Å². The number of benzene rings is 2. The molecule has 2 aromatic rings. The maximum atomic E-state index is 8.82. The van der Waals surface area contributed by atoms with Crippen molar-refractivity contribution in [2.45, 2.75) is 6.54 Å². The first-order valence-corrected chi connectivity index (χ1v) is 8.72. The molecule has 0 aliphatic carbocycles. The largest absolute Gasteiger partial charge is 0.491 e. The predicted octanol–water partition coefficient (Wildman–Crippen LogP) is 2.25. The molecule has 1 aliphatic rings. The van der Waals surface area contributed by atoms with Crippen LogP contribution in [0.25, 0.3) is 0 Å². The Hall–Kier alpha value is -2.36. The van der Waals surface area contributed by atoms with Crippen molar-refractivity contribution in [3.63, 3.8) is 0 Å². The highest BCUT2D eigenvalue weighted by atomic mass is 35.5. The van der Waals surface area contributed by atoms with Crippen LogP contribution in [0.1, 0.15) is 5.56 Å². The van der Waals surface area contributed by atoms with Gasteiger partial charge in [-0.3, -0.25) is 5.01 Å². The number of halogens is 1. The molecular formula is C18H21ClN4O4. The summed E-state index contributed by atoms with van der Waals surface area (Å²) in [7, 11) is 0. The third kappa shape index (κ3) is 5.56. The lowest BCUT2D eigenvalue weighted by molar-refractivity contribution is -0.314. The zero-order valence-corrected chi connectivity index (χ0v) is 15.4. The number of nitrogens with two attached hydrogens (primary N) is 1. The van der Waals surface area contributed by atoms with Gasteiger partial charge in [0, 0.05) is 11.6 Å². The fourth-order valence-electron chi connectivity index (χ4n) is 2.45. The van der Waals surface area contributed by atoms with E-state index in [1.807, 2.05) is 29.2 Å². The van der Waals surface area contributed by atoms with Crippen LogP contribution in [0, 0.1) is 0 Å². The van der Waals surface area contributed by atoms with Crippen molar-refractivity contribution in [1.29, 1.82) is 0 Å². The van der Waals surface area contributed by atoms with E-state index in [1.165, 1.54) is 5.01 Å². The second-order valence-corrected chi connectivity index (χ2v) is 6.20. The molecule has 9 heteroatoms. The van der Waals surface area contributed by atoms with E-state index < -0.39 is 0 Å². The Morgan fingerprint density at radius 1 is 1.07 bits per heavy atom. The van der Waals surface area contributed by atoms with Crippen molar-refractivity contribution < 1.29 is 19.6 Å². The van der Waals surface area contributed by atoms with Gasteiger partial charge < -0.3 is 14.7 Å². The van der Waals surface area contributed by atoms with Crippen LogP contribution >= 0.6 is 11.6 Å². The minimum Gasteiger partial charge on any atom is -0.491 e. The molecule has 0 unspecified atom stereocenters. The molecule has 1 aliphatic heterocycles. The van der Waals surface area contributed by atoms with E-state index in [4.69, 9.17) is 37.1 Å². The number of nitrogens with zero attached hydrogens (tertiary/aromatic N) is 3. The number of hydrogen-bond donors (Lipinski definition) is 2. The van der Waals surface area contributed by atoms with E-state index >= 15 is 0 Å². The molecule has 0 saturated carbocycles. The summed E-state index contributed by atoms with van der Waals surface area (Å²) in [5, 5.41) is 10.9. The second-order valence-electron chi connectivity index (χ2n) is 5.77. The smallest absolute Gasteiger partial charge is 0.220 e. The average molecular weight is 393 g/mol. The Morgan fingerprint density at radius 2 is 1.78 bits per heavy atom. The Balaban J connectivity index is 1.80. The molecule has 2 aromatic carbocycles. The summed E-state index contributed by atoms with van der Waals surface area (Å²) < 4.78 is 5.36. The van der Waals surface area contributed by atoms with E-state index in [2.05, 4.69) is 4.99 Å². The standard InChI is InChI=1S/C18H21ClN4O4/c19-15-3-1-14(2-4-15)11-22-12-26-27-13-23(20)18(22)21-16-5-7-17(8-6-16)25-10-9-24/h1-8,24H,9-13,20H2. The van der Waals surface area contributed by atoms with Crippen molar-refractivity contribution in [2.24, 2.45) is 10.8 Å². The minimum atomic E-state index is -0.0359. The SMILES string of the molecule is NN1COOCN(Cc2ccc(Cl)cc2)C1=Nc1ccc(OCCO)cc1. The van der Waals surface area contributed by atoms with E-state index in [9.17, 15) is 0 Å². The summed E-state index contributed by atoms with van der Waals surface area (Å²) in [6.45, 7) is 0.949. The van der Waals surface area contributed by atoms with Crippen LogP contribution in [0.15, 0.2) is 53.5 Å². The summed E-state index contributed by atoms with van der Waals surface area (Å²) in [5.74, 6) is 7.23. The molecule has 0 bridgehead atoms. The highest BCUT2D eigenvalue weighted by molar-refractivity contribution is 6.30. The van der Waals surface area contributed by atoms with Gasteiger partial charge in [-0.2, -0.15) is 0 Å². The van der Waals surface area contributed by atoms with Crippen LogP contribution in [-0.2, 0) is 16.3 Å². The predicted molar refractivity (Wildman–Crippen MR) is 101 cm³/mol. The van der Waals surface area contributed by atoms with Crippen molar-refractivity contribution in [2.75, 3.05) is 26.7 Å². The number of aliphatic hydroxyl groups is 1. The number of hydrogen-bond acceptors (Lipinski definition) is 6. The van der Waals surface area contributed by atoms with Crippen LogP contribution in [0.4, 0.5) is 5.69 Å². The summed E-state index contributed by atoms with van der Waals surface area (Å²) in [5.41, 5.74) is 1.72. The highest BCUT2D eigenvalue weighted by Crippen LogP contribution is 2.20. The molecule has 27 heavy (non-hydrogen) atoms. The highest BCUT2D eigenvalue weighted by Gasteiger charge is 2.21. The zero-order valence-electron chi connectivity index (χ0n) is 14.6. The molecule has 1 heterocycles. The lowest BCUT2D eigenvalue weighted by Gasteiger charge is -2.26. The second kappa shape index (κ2) is 9.54. The maximum Gasteiger partial charge on any atom is 0.220 e. The van der Waals surface area contributed by atoms with Crippen molar-refractivity contribution >= 4 is 23.2 Å². The Kier molecular flexibility index (Phi) is 6.86. The van der Waals surface area contributed by atoms with Gasteiger partial charge in [-0.1, -0.05) is 23.7 Å². The number of guanidine groups is 1. The number of hydrazine groups is 1. The normalized spacial score (nSPS) is 16.5. The molecule has 8 nitrogen and oxygen atoms in total. The lowest BCUT2D eigenvalue weighted by atomic mass is 10.2. The molecule has 144 valence electrons. The first-order chi connectivity index (χ1) is 13.2. The van der Waals surface area contributed by atoms with E-state index in [1.54, 1.807) is 24.3 Å². The molecular weight excluding hydrogens is 372 g/mol. The van der Waals surface area contributed by atoms with Crippen molar-refractivity contribution in [3.05, 3.63) is 59.1 Å². The fourth-order valence-corrected chi connectivity index (χ4v) is 2.58. The van der Waals surface area contributed by atoms with Crippen LogP contribution in [0.2, 0.25) is 5.02 Å². The van der Waals surface area contributed by atoms with Gasteiger partial charge in [0.2, 0.25) is 5.96 Å². The van der Waals surface area contributed by atoms with E-state index in [0.717, 1.165) is 5.56 Å². The number of aliphatic imine (C=N–C) groups is 1. The number of aliphatic hydroxyl groups excluding tert-OH is 1. The third-order valence-electron chi connectivity index (χ3n) is 3.74. The van der Waals surface area contributed by atoms with Gasteiger partial charge in [0.25, 0.3) is 0 Å². The van der Waals surface area contributed by atoms with Crippen LogP contribution in [0.5, 0.6) is 5.75 Å². The Bertz CT molecular complexity index is 755. The molecule has 1 saturated heterocycles. The van der Waals surface area contributed by atoms with Gasteiger partial charge in [0.15, 0.2) is 13.5 Å². The van der Waals surface area contributed by atoms with Gasteiger partial charge in [-0.25, -0.2) is 20.6 Å². The topological polar surface area (TPSA) is 92.8 Å². The summed E-state index contributed by atoms with van der Waals surface area (Å²) in [6.07, 6.45) is 0. The van der Waals surface area contributed by atoms with Gasteiger partial charge >= 0.3 is 0 Å². The Morgan fingerprint density at radius 3 is 2.48 bits per heavy atom. The minimum absolute atomic E-state index is 0.0359. The van der Waals surface area contributed by atoms with Crippen molar-refractivity contribution in [1.82, 2.24) is 9.91 Å². The molecule has 0 aromatic heterocycles. The quantitative estimate of drug-likeness (QED) is 0.575. The maximum absolute atomic E-state index is 8.82. The average Bonchev–Trinajstić information content (AvgIpc) is 2.85. The van der Waals surface area contributed by atoms with Gasteiger partial charge in [-0.15, -0.1) is 0 Å². The first-order valence-electron chi connectivity index (χ1n) is 8.34. The molecule has 3 rings (SSSR count).